The average molecular weight is 651 g/mol. The van der Waals surface area contributed by atoms with E-state index in [-0.39, 0.29) is 0 Å². The fraction of sp³-hybridized carbons (Fsp3) is 0.0408. The third kappa shape index (κ3) is 5.11. The Kier molecular flexibility index (Phi) is 7.34. The van der Waals surface area contributed by atoms with Gasteiger partial charge in [-0.2, -0.15) is 5.26 Å². The van der Waals surface area contributed by atoms with Gasteiger partial charge >= 0.3 is 0 Å². The highest BCUT2D eigenvalue weighted by Crippen LogP contribution is 2.51. The zero-order chi connectivity index (χ0) is 34.5. The lowest BCUT2D eigenvalue weighted by atomic mass is 9.90. The Morgan fingerprint density at radius 2 is 1.00 bits per heavy atom. The summed E-state index contributed by atoms with van der Waals surface area (Å²) in [5.74, 6) is 0. The summed E-state index contributed by atoms with van der Waals surface area (Å²) in [7, 11) is 0. The highest BCUT2D eigenvalue weighted by molar-refractivity contribution is 6.19. The molecule has 0 radical (unpaired) electrons. The smallest absolute Gasteiger partial charge is 0.0998 e. The first-order valence-corrected chi connectivity index (χ1v) is 17.4. The number of benzene rings is 8. The number of nitrogens with zero attached hydrogens (tertiary/aromatic N) is 2. The van der Waals surface area contributed by atoms with Crippen LogP contribution >= 0.6 is 0 Å². The van der Waals surface area contributed by atoms with Crippen molar-refractivity contribution in [2.75, 3.05) is 4.90 Å². The Bertz CT molecular complexity index is 2680. The third-order valence-electron chi connectivity index (χ3n) is 10.3. The van der Waals surface area contributed by atoms with Gasteiger partial charge in [-0.1, -0.05) is 121 Å². The molecule has 0 bridgehead atoms. The molecule has 0 amide bonds. The van der Waals surface area contributed by atoms with Gasteiger partial charge in [-0.25, -0.2) is 0 Å². The van der Waals surface area contributed by atoms with Gasteiger partial charge in [0.1, 0.15) is 0 Å². The Labute approximate surface area is 299 Å². The Morgan fingerprint density at radius 1 is 0.412 bits per heavy atom. The van der Waals surface area contributed by atoms with Crippen LogP contribution < -0.4 is 4.90 Å². The van der Waals surface area contributed by atoms with Gasteiger partial charge in [0.2, 0.25) is 0 Å². The topological polar surface area (TPSA) is 27.0 Å². The molecule has 51 heavy (non-hydrogen) atoms. The quantitative estimate of drug-likeness (QED) is 0.179. The van der Waals surface area contributed by atoms with Crippen molar-refractivity contribution < 1.29 is 0 Å². The molecular formula is C49H34N2. The molecule has 1 aliphatic rings. The molecule has 9 rings (SSSR count). The molecule has 0 saturated heterocycles. The first-order valence-electron chi connectivity index (χ1n) is 17.4. The van der Waals surface area contributed by atoms with Gasteiger partial charge in [-0.15, -0.1) is 0 Å². The second-order valence-electron chi connectivity index (χ2n) is 13.4. The standard InChI is InChI=1S/C49H34N2/c1-32-14-6-8-20-41(32)36-27-37(42-21-9-7-15-35(42)31-50)30-40(29-36)51(38-17-4-3-5-18-38)39-19-12-16-34(28-39)48-33(2)26-47-44-23-11-10-22-43(44)45-24-13-25-46(48)49(45)47/h3-30H,1-2H3. The number of rotatable bonds is 6. The van der Waals surface area contributed by atoms with E-state index in [1.165, 1.54) is 60.8 Å². The lowest BCUT2D eigenvalue weighted by Crippen LogP contribution is -2.10. The molecule has 0 spiro atoms. The Hall–Kier alpha value is -6.69. The minimum absolute atomic E-state index is 0.656. The second kappa shape index (κ2) is 12.3. The molecule has 0 aliphatic heterocycles. The van der Waals surface area contributed by atoms with E-state index in [4.69, 9.17) is 0 Å². The first-order chi connectivity index (χ1) is 25.1. The Balaban J connectivity index is 1.27. The van der Waals surface area contributed by atoms with Gasteiger partial charge in [-0.3, -0.25) is 0 Å². The van der Waals surface area contributed by atoms with Crippen LogP contribution in [-0.4, -0.2) is 0 Å². The van der Waals surface area contributed by atoms with Crippen molar-refractivity contribution in [3.63, 3.8) is 0 Å². The summed E-state index contributed by atoms with van der Waals surface area (Å²) in [6, 6.07) is 62.9. The van der Waals surface area contributed by atoms with Crippen molar-refractivity contribution in [3.05, 3.63) is 187 Å². The van der Waals surface area contributed by atoms with Crippen LogP contribution in [0, 0.1) is 25.2 Å². The number of anilines is 3. The maximum absolute atomic E-state index is 10.1. The van der Waals surface area contributed by atoms with Crippen LogP contribution in [0.15, 0.2) is 170 Å². The molecule has 8 aromatic rings. The molecule has 0 heterocycles. The lowest BCUT2D eigenvalue weighted by molar-refractivity contribution is 1.28. The van der Waals surface area contributed by atoms with Crippen molar-refractivity contribution >= 4 is 27.8 Å². The number of hydrogen-bond acceptors (Lipinski definition) is 2. The minimum atomic E-state index is 0.656. The van der Waals surface area contributed by atoms with Gasteiger partial charge < -0.3 is 4.90 Å². The fourth-order valence-corrected chi connectivity index (χ4v) is 8.00. The molecule has 1 aliphatic carbocycles. The van der Waals surface area contributed by atoms with Crippen LogP contribution in [-0.2, 0) is 0 Å². The van der Waals surface area contributed by atoms with E-state index in [0.717, 1.165) is 33.8 Å². The molecule has 8 aromatic carbocycles. The monoisotopic (exact) mass is 650 g/mol. The van der Waals surface area contributed by atoms with Crippen molar-refractivity contribution in [2.45, 2.75) is 13.8 Å². The lowest BCUT2D eigenvalue weighted by Gasteiger charge is -2.28. The van der Waals surface area contributed by atoms with E-state index in [1.54, 1.807) is 0 Å². The first kappa shape index (κ1) is 30.4. The van der Waals surface area contributed by atoms with Crippen LogP contribution in [0.2, 0.25) is 0 Å². The molecule has 0 atom stereocenters. The fourth-order valence-electron chi connectivity index (χ4n) is 8.00. The zero-order valence-electron chi connectivity index (χ0n) is 28.6. The van der Waals surface area contributed by atoms with Crippen molar-refractivity contribution in [1.82, 2.24) is 0 Å². The maximum atomic E-state index is 10.1. The summed E-state index contributed by atoms with van der Waals surface area (Å²) in [6.07, 6.45) is 0. The molecule has 0 saturated carbocycles. The number of nitriles is 1. The number of fused-ring (bicyclic) bond motifs is 3. The summed E-state index contributed by atoms with van der Waals surface area (Å²) < 4.78 is 0. The molecular weight excluding hydrogens is 617 g/mol. The second-order valence-corrected chi connectivity index (χ2v) is 13.4. The van der Waals surface area contributed by atoms with Crippen molar-refractivity contribution in [3.8, 4) is 61.7 Å². The molecule has 2 nitrogen and oxygen atoms in total. The van der Waals surface area contributed by atoms with Gasteiger partial charge in [0.05, 0.1) is 11.6 Å². The van der Waals surface area contributed by atoms with E-state index in [2.05, 4.69) is 170 Å². The van der Waals surface area contributed by atoms with E-state index in [9.17, 15) is 5.26 Å². The predicted octanol–water partition coefficient (Wildman–Crippen LogP) is 13.4. The summed E-state index contributed by atoms with van der Waals surface area (Å²) in [4.78, 5) is 2.34. The number of aryl methyl sites for hydroxylation is 2. The third-order valence-corrected chi connectivity index (χ3v) is 10.3. The van der Waals surface area contributed by atoms with Gasteiger partial charge in [-0.05, 0) is 140 Å². The average Bonchev–Trinajstić information content (AvgIpc) is 3.49. The van der Waals surface area contributed by atoms with Gasteiger partial charge in [0.25, 0.3) is 0 Å². The molecule has 2 heteroatoms. The molecule has 0 fully saturated rings. The van der Waals surface area contributed by atoms with Crippen molar-refractivity contribution in [2.24, 2.45) is 0 Å². The van der Waals surface area contributed by atoms with E-state index in [1.807, 2.05) is 24.3 Å². The normalized spacial score (nSPS) is 11.3. The minimum Gasteiger partial charge on any atom is -0.310 e. The largest absolute Gasteiger partial charge is 0.310 e. The SMILES string of the molecule is Cc1ccccc1-c1cc(-c2ccccc2C#N)cc(N(c2ccccc2)c2cccc(-c3c(C)cc4c5c(cccc35)-c3ccccc3-4)c2)c1. The van der Waals surface area contributed by atoms with Crippen LogP contribution in [0.4, 0.5) is 17.1 Å². The van der Waals surface area contributed by atoms with Crippen LogP contribution in [0.1, 0.15) is 16.7 Å². The van der Waals surface area contributed by atoms with E-state index in [0.29, 0.717) is 5.56 Å². The van der Waals surface area contributed by atoms with Gasteiger partial charge in [0.15, 0.2) is 0 Å². The summed E-state index contributed by atoms with van der Waals surface area (Å²) in [5, 5.41) is 12.7. The molecule has 0 N–H and O–H groups in total. The van der Waals surface area contributed by atoms with Crippen LogP contribution in [0.3, 0.4) is 0 Å². The zero-order valence-corrected chi connectivity index (χ0v) is 28.6. The number of hydrogen-bond donors (Lipinski definition) is 0. The summed E-state index contributed by atoms with van der Waals surface area (Å²) in [5.41, 5.74) is 18.1. The van der Waals surface area contributed by atoms with Gasteiger partial charge in [0, 0.05) is 17.1 Å². The Morgan fingerprint density at radius 3 is 1.76 bits per heavy atom. The van der Waals surface area contributed by atoms with Crippen LogP contribution in [0.5, 0.6) is 0 Å². The van der Waals surface area contributed by atoms with E-state index >= 15 is 0 Å². The maximum Gasteiger partial charge on any atom is 0.0998 e. The number of para-hydroxylation sites is 1. The van der Waals surface area contributed by atoms with E-state index < -0.39 is 0 Å². The highest BCUT2D eigenvalue weighted by Gasteiger charge is 2.24. The molecule has 240 valence electrons. The summed E-state index contributed by atoms with van der Waals surface area (Å²) >= 11 is 0. The predicted molar refractivity (Wildman–Crippen MR) is 214 cm³/mol. The highest BCUT2D eigenvalue weighted by atomic mass is 15.1. The summed E-state index contributed by atoms with van der Waals surface area (Å²) in [6.45, 7) is 4.40. The van der Waals surface area contributed by atoms with Crippen LogP contribution in [0.25, 0.3) is 66.4 Å². The molecule has 0 aromatic heterocycles. The molecule has 0 unspecified atom stereocenters. The van der Waals surface area contributed by atoms with Crippen molar-refractivity contribution in [1.29, 1.82) is 5.26 Å².